The van der Waals surface area contributed by atoms with Crippen LogP contribution in [0.4, 0.5) is 0 Å². The van der Waals surface area contributed by atoms with Gasteiger partial charge in [-0.05, 0) is 18.4 Å². The van der Waals surface area contributed by atoms with Crippen molar-refractivity contribution in [3.05, 3.63) is 35.9 Å². The van der Waals surface area contributed by atoms with E-state index in [2.05, 4.69) is 26.1 Å². The molecule has 0 aromatic heterocycles. The summed E-state index contributed by atoms with van der Waals surface area (Å²) < 4.78 is 0. The molecule has 0 bridgehead atoms. The van der Waals surface area contributed by atoms with Gasteiger partial charge in [-0.15, -0.1) is 0 Å². The Morgan fingerprint density at radius 3 is 2.41 bits per heavy atom. The van der Waals surface area contributed by atoms with Gasteiger partial charge in [0.25, 0.3) is 0 Å². The first-order valence-corrected chi connectivity index (χ1v) is 6.44. The zero-order valence-electron chi connectivity index (χ0n) is 11.1. The maximum Gasteiger partial charge on any atom is 0.226 e. The number of carbonyl (C=O) groups excluding carboxylic acids is 1. The summed E-state index contributed by atoms with van der Waals surface area (Å²) in [7, 11) is 0. The maximum absolute atomic E-state index is 12.1. The highest BCUT2D eigenvalue weighted by Gasteiger charge is 2.29. The molecule has 1 N–H and O–H groups in total. The number of hydrogen-bond acceptors (Lipinski definition) is 1. The van der Waals surface area contributed by atoms with Crippen LogP contribution in [-0.2, 0) is 11.3 Å². The van der Waals surface area contributed by atoms with Crippen LogP contribution in [0.15, 0.2) is 30.3 Å². The second kappa shape index (κ2) is 6.43. The van der Waals surface area contributed by atoms with E-state index in [1.54, 1.807) is 0 Å². The average molecular weight is 233 g/mol. The molecule has 94 valence electrons. The molecule has 0 radical (unpaired) electrons. The fraction of sp³-hybridized carbons (Fsp3) is 0.533. The highest BCUT2D eigenvalue weighted by Crippen LogP contribution is 2.27. The summed E-state index contributed by atoms with van der Waals surface area (Å²) in [6.07, 6.45) is 2.88. The molecule has 0 saturated carbocycles. The predicted octanol–water partition coefficient (Wildman–Crippen LogP) is 3.52. The molecule has 0 aliphatic heterocycles. The fourth-order valence-corrected chi connectivity index (χ4v) is 1.99. The van der Waals surface area contributed by atoms with E-state index in [0.29, 0.717) is 6.54 Å². The lowest BCUT2D eigenvalue weighted by atomic mass is 9.82. The third kappa shape index (κ3) is 3.88. The summed E-state index contributed by atoms with van der Waals surface area (Å²) in [5, 5.41) is 3.04. The number of hydrogen-bond donors (Lipinski definition) is 1. The van der Waals surface area contributed by atoms with E-state index in [-0.39, 0.29) is 11.3 Å². The molecule has 2 heteroatoms. The summed E-state index contributed by atoms with van der Waals surface area (Å²) in [4.78, 5) is 12.1. The van der Waals surface area contributed by atoms with Crippen LogP contribution < -0.4 is 5.32 Å². The Labute approximate surface area is 104 Å². The van der Waals surface area contributed by atoms with Crippen molar-refractivity contribution in [1.82, 2.24) is 5.32 Å². The van der Waals surface area contributed by atoms with Gasteiger partial charge in [0.15, 0.2) is 0 Å². The van der Waals surface area contributed by atoms with E-state index in [4.69, 9.17) is 0 Å². The van der Waals surface area contributed by atoms with Gasteiger partial charge in [-0.25, -0.2) is 0 Å². The molecule has 1 aromatic rings. The molecule has 0 aliphatic carbocycles. The van der Waals surface area contributed by atoms with Crippen LogP contribution in [0.25, 0.3) is 0 Å². The highest BCUT2D eigenvalue weighted by molar-refractivity contribution is 5.82. The van der Waals surface area contributed by atoms with Crippen molar-refractivity contribution in [3.63, 3.8) is 0 Å². The van der Waals surface area contributed by atoms with E-state index in [9.17, 15) is 4.79 Å². The normalized spacial score (nSPS) is 14.1. The van der Waals surface area contributed by atoms with Gasteiger partial charge in [0.2, 0.25) is 5.91 Å². The Morgan fingerprint density at radius 1 is 1.24 bits per heavy atom. The van der Waals surface area contributed by atoms with Crippen molar-refractivity contribution in [2.45, 2.75) is 46.6 Å². The minimum Gasteiger partial charge on any atom is -0.352 e. The lowest BCUT2D eigenvalue weighted by molar-refractivity contribution is -0.131. The van der Waals surface area contributed by atoms with Gasteiger partial charge in [0.05, 0.1) is 0 Å². The Kier molecular flexibility index (Phi) is 5.20. The second-order valence-electron chi connectivity index (χ2n) is 4.83. The lowest BCUT2D eigenvalue weighted by Gasteiger charge is -2.26. The zero-order valence-corrected chi connectivity index (χ0v) is 11.1. The Morgan fingerprint density at radius 2 is 1.88 bits per heavy atom. The van der Waals surface area contributed by atoms with Crippen LogP contribution >= 0.6 is 0 Å². The quantitative estimate of drug-likeness (QED) is 0.800. The third-order valence-corrected chi connectivity index (χ3v) is 3.43. The van der Waals surface area contributed by atoms with Crippen molar-refractivity contribution in [2.75, 3.05) is 0 Å². The largest absolute Gasteiger partial charge is 0.352 e. The first-order valence-electron chi connectivity index (χ1n) is 6.44. The molecule has 1 aromatic carbocycles. The molecule has 0 spiro atoms. The fourth-order valence-electron chi connectivity index (χ4n) is 1.99. The van der Waals surface area contributed by atoms with Gasteiger partial charge in [-0.2, -0.15) is 0 Å². The topological polar surface area (TPSA) is 29.1 Å². The van der Waals surface area contributed by atoms with Crippen LogP contribution in [0.1, 0.15) is 45.6 Å². The molecule has 1 atom stereocenters. The monoisotopic (exact) mass is 233 g/mol. The second-order valence-corrected chi connectivity index (χ2v) is 4.83. The molecule has 1 rings (SSSR count). The van der Waals surface area contributed by atoms with E-state index < -0.39 is 0 Å². The van der Waals surface area contributed by atoms with Crippen LogP contribution in [0.5, 0.6) is 0 Å². The highest BCUT2D eigenvalue weighted by atomic mass is 16.2. The van der Waals surface area contributed by atoms with E-state index in [1.807, 2.05) is 30.3 Å². The molecule has 0 aliphatic rings. The summed E-state index contributed by atoms with van der Waals surface area (Å²) in [6, 6.07) is 10.0. The Bertz CT molecular complexity index is 347. The van der Waals surface area contributed by atoms with Crippen molar-refractivity contribution in [3.8, 4) is 0 Å². The Balaban J connectivity index is 2.54. The van der Waals surface area contributed by atoms with Gasteiger partial charge in [0.1, 0.15) is 0 Å². The number of amides is 1. The van der Waals surface area contributed by atoms with Gasteiger partial charge < -0.3 is 5.32 Å². The molecule has 0 heterocycles. The van der Waals surface area contributed by atoms with Crippen LogP contribution in [-0.4, -0.2) is 5.91 Å². The summed E-state index contributed by atoms with van der Waals surface area (Å²) in [5.41, 5.74) is 0.930. The van der Waals surface area contributed by atoms with Gasteiger partial charge in [-0.1, -0.05) is 57.5 Å². The van der Waals surface area contributed by atoms with Crippen molar-refractivity contribution >= 4 is 5.91 Å². The molecule has 2 nitrogen and oxygen atoms in total. The average Bonchev–Trinajstić information content (AvgIpc) is 2.37. The maximum atomic E-state index is 12.1. The zero-order chi connectivity index (χ0) is 12.7. The van der Waals surface area contributed by atoms with Crippen molar-refractivity contribution in [2.24, 2.45) is 5.41 Å². The van der Waals surface area contributed by atoms with Crippen LogP contribution in [0, 0.1) is 5.41 Å². The SMILES string of the molecule is CCCC(C)(CC)C(=O)NCc1ccccc1. The van der Waals surface area contributed by atoms with Gasteiger partial charge >= 0.3 is 0 Å². The number of carbonyl (C=O) groups is 1. The van der Waals surface area contributed by atoms with Gasteiger partial charge in [0, 0.05) is 12.0 Å². The van der Waals surface area contributed by atoms with E-state index >= 15 is 0 Å². The number of benzene rings is 1. The molecule has 0 fully saturated rings. The lowest BCUT2D eigenvalue weighted by Crippen LogP contribution is -2.38. The van der Waals surface area contributed by atoms with E-state index in [0.717, 1.165) is 24.8 Å². The van der Waals surface area contributed by atoms with Crippen molar-refractivity contribution in [1.29, 1.82) is 0 Å². The first kappa shape index (κ1) is 13.8. The van der Waals surface area contributed by atoms with Crippen LogP contribution in [0.3, 0.4) is 0 Å². The minimum atomic E-state index is -0.219. The van der Waals surface area contributed by atoms with E-state index in [1.165, 1.54) is 0 Å². The third-order valence-electron chi connectivity index (χ3n) is 3.43. The summed E-state index contributed by atoms with van der Waals surface area (Å²) >= 11 is 0. The molecule has 1 amide bonds. The smallest absolute Gasteiger partial charge is 0.226 e. The Hall–Kier alpha value is -1.31. The van der Waals surface area contributed by atoms with Crippen molar-refractivity contribution < 1.29 is 4.79 Å². The number of nitrogens with one attached hydrogen (secondary N) is 1. The minimum absolute atomic E-state index is 0.172. The molecule has 17 heavy (non-hydrogen) atoms. The first-order chi connectivity index (χ1) is 8.12. The molecular formula is C15H23NO. The molecular weight excluding hydrogens is 210 g/mol. The molecule has 0 saturated heterocycles. The summed E-state index contributed by atoms with van der Waals surface area (Å²) in [5.74, 6) is 0.172. The van der Waals surface area contributed by atoms with Crippen LogP contribution in [0.2, 0.25) is 0 Å². The standard InChI is InChI=1S/C15H23NO/c1-4-11-15(3,5-2)14(17)16-12-13-9-7-6-8-10-13/h6-10H,4-5,11-12H2,1-3H3,(H,16,17). The number of rotatable bonds is 6. The molecule has 1 unspecified atom stereocenters. The predicted molar refractivity (Wildman–Crippen MR) is 71.6 cm³/mol. The summed E-state index contributed by atoms with van der Waals surface area (Å²) in [6.45, 7) is 6.88. The van der Waals surface area contributed by atoms with Gasteiger partial charge in [-0.3, -0.25) is 4.79 Å².